The Morgan fingerprint density at radius 1 is 1.02 bits per heavy atom. The molecule has 0 spiro atoms. The topological polar surface area (TPSA) is 155 Å². The number of carbonyl (C=O) groups is 5. The molecule has 1 aromatic rings. The van der Waals surface area contributed by atoms with Crippen LogP contribution in [0, 0.1) is 18.8 Å². The number of benzene rings is 1. The number of aryl methyl sites for hydroxylation is 1. The minimum atomic E-state index is -0.961. The van der Waals surface area contributed by atoms with E-state index >= 15 is 0 Å². The third-order valence-electron chi connectivity index (χ3n) is 6.84. The van der Waals surface area contributed by atoms with Gasteiger partial charge in [0, 0.05) is 12.6 Å². The Kier molecular flexibility index (Phi) is 13.3. The molecule has 1 aliphatic rings. The number of methoxy groups -OCH3 is 1. The largest absolute Gasteiger partial charge is 0.467 e. The number of amides is 5. The first kappa shape index (κ1) is 33.3. The van der Waals surface area contributed by atoms with E-state index in [0.29, 0.717) is 32.2 Å². The monoisotopic (exact) mass is 571 g/mol. The van der Waals surface area contributed by atoms with Crippen LogP contribution < -0.4 is 26.6 Å². The Labute approximate surface area is 242 Å². The second kappa shape index (κ2) is 16.4. The van der Waals surface area contributed by atoms with E-state index in [1.54, 1.807) is 33.8 Å². The van der Waals surface area contributed by atoms with E-state index in [9.17, 15) is 24.0 Å². The van der Waals surface area contributed by atoms with Crippen molar-refractivity contribution in [1.82, 2.24) is 26.6 Å². The minimum absolute atomic E-state index is 0.227. The van der Waals surface area contributed by atoms with Gasteiger partial charge in [0.1, 0.15) is 18.1 Å². The fourth-order valence-corrected chi connectivity index (χ4v) is 4.51. The van der Waals surface area contributed by atoms with Gasteiger partial charge in [-0.2, -0.15) is 0 Å². The predicted octanol–water partition coefficient (Wildman–Crippen LogP) is 1.88. The van der Waals surface area contributed by atoms with Gasteiger partial charge < -0.3 is 31.3 Å². The van der Waals surface area contributed by atoms with Gasteiger partial charge >= 0.3 is 12.0 Å². The van der Waals surface area contributed by atoms with E-state index in [2.05, 4.69) is 26.6 Å². The maximum absolute atomic E-state index is 13.4. The number of ether oxygens (including phenoxy) is 1. The lowest BCUT2D eigenvalue weighted by Crippen LogP contribution is -2.59. The first-order valence-corrected chi connectivity index (χ1v) is 14.2. The fourth-order valence-electron chi connectivity index (χ4n) is 4.51. The van der Waals surface area contributed by atoms with E-state index in [1.807, 2.05) is 31.2 Å². The van der Waals surface area contributed by atoms with Gasteiger partial charge in [-0.25, -0.2) is 9.59 Å². The number of rotatable bonds is 9. The van der Waals surface area contributed by atoms with Gasteiger partial charge in [0.25, 0.3) is 0 Å². The molecule has 0 fully saturated rings. The van der Waals surface area contributed by atoms with E-state index in [0.717, 1.165) is 11.1 Å². The molecule has 226 valence electrons. The van der Waals surface area contributed by atoms with Gasteiger partial charge in [0.15, 0.2) is 0 Å². The van der Waals surface area contributed by atoms with E-state index in [4.69, 9.17) is 4.74 Å². The number of esters is 1. The highest BCUT2D eigenvalue weighted by atomic mass is 16.5. The molecule has 0 aliphatic carbocycles. The molecule has 0 saturated heterocycles. The maximum atomic E-state index is 13.4. The van der Waals surface area contributed by atoms with Gasteiger partial charge in [0.05, 0.1) is 13.2 Å². The van der Waals surface area contributed by atoms with Crippen molar-refractivity contribution in [3.63, 3.8) is 0 Å². The summed E-state index contributed by atoms with van der Waals surface area (Å²) in [4.78, 5) is 63.8. The highest BCUT2D eigenvalue weighted by molar-refractivity contribution is 5.93. The summed E-state index contributed by atoms with van der Waals surface area (Å²) in [6.07, 6.45) is 5.11. The first-order chi connectivity index (χ1) is 19.4. The van der Waals surface area contributed by atoms with E-state index < -0.39 is 42.1 Å². The number of urea groups is 1. The molecule has 41 heavy (non-hydrogen) atoms. The van der Waals surface area contributed by atoms with Crippen LogP contribution in [0.15, 0.2) is 36.4 Å². The number of hydrogen-bond acceptors (Lipinski definition) is 6. The van der Waals surface area contributed by atoms with E-state index in [-0.39, 0.29) is 23.7 Å². The van der Waals surface area contributed by atoms with Gasteiger partial charge in [0.2, 0.25) is 17.7 Å². The number of carbonyl (C=O) groups excluding carboxylic acids is 5. The quantitative estimate of drug-likeness (QED) is 0.285. The highest BCUT2D eigenvalue weighted by Crippen LogP contribution is 2.11. The highest BCUT2D eigenvalue weighted by Gasteiger charge is 2.31. The smallest absolute Gasteiger partial charge is 0.328 e. The average molecular weight is 572 g/mol. The van der Waals surface area contributed by atoms with E-state index in [1.165, 1.54) is 13.2 Å². The van der Waals surface area contributed by atoms with Crippen molar-refractivity contribution < 1.29 is 28.7 Å². The van der Waals surface area contributed by atoms with Crippen molar-refractivity contribution >= 4 is 29.7 Å². The van der Waals surface area contributed by atoms with Crippen LogP contribution in [0.1, 0.15) is 58.1 Å². The minimum Gasteiger partial charge on any atom is -0.467 e. The molecule has 2 rings (SSSR count). The van der Waals surface area contributed by atoms with Crippen LogP contribution in [0.4, 0.5) is 4.79 Å². The lowest BCUT2D eigenvalue weighted by molar-refractivity contribution is -0.144. The zero-order valence-corrected chi connectivity index (χ0v) is 24.9. The zero-order valence-electron chi connectivity index (χ0n) is 24.9. The first-order valence-electron chi connectivity index (χ1n) is 14.2. The molecular weight excluding hydrogens is 526 g/mol. The molecule has 1 heterocycles. The fraction of sp³-hybridized carbons (Fsp3) is 0.567. The summed E-state index contributed by atoms with van der Waals surface area (Å²) in [6.45, 7) is 9.51. The van der Waals surface area contributed by atoms with Crippen molar-refractivity contribution in [1.29, 1.82) is 0 Å². The normalized spacial score (nSPS) is 19.6. The molecule has 2 unspecified atom stereocenters. The molecule has 0 saturated carbocycles. The van der Waals surface area contributed by atoms with Crippen molar-refractivity contribution in [2.24, 2.45) is 11.8 Å². The maximum Gasteiger partial charge on any atom is 0.328 e. The molecule has 5 amide bonds. The molecule has 11 nitrogen and oxygen atoms in total. The van der Waals surface area contributed by atoms with Gasteiger partial charge in [-0.05, 0) is 50.0 Å². The van der Waals surface area contributed by atoms with Crippen LogP contribution in [0.5, 0.6) is 0 Å². The Bertz CT molecular complexity index is 1100. The second-order valence-electron chi connectivity index (χ2n) is 11.1. The van der Waals surface area contributed by atoms with Crippen molar-refractivity contribution in [3.8, 4) is 0 Å². The van der Waals surface area contributed by atoms with Crippen LogP contribution in [0.2, 0.25) is 0 Å². The summed E-state index contributed by atoms with van der Waals surface area (Å²) in [6, 6.07) is 4.02. The standard InChI is InChI=1S/C30H45N5O6/c1-18(2)25(34-30(40)35-26(19(3)4)29(39)41-6)28(38)33-23-12-7-8-15-31-24(36)14-13-22(32-27(23)37)17-21-11-9-10-20(5)16-21/h9-11,13-14,16,18-19,22-23,25-26H,7-8,12,15,17H2,1-6H3,(H,31,36)(H,32,37)(H,33,38)(H2,34,35,40)/t22-,23+,25?,26?/m1/s1. The number of nitrogens with one attached hydrogen (secondary N) is 5. The van der Waals surface area contributed by atoms with Crippen LogP contribution in [0.3, 0.4) is 0 Å². The summed E-state index contributed by atoms with van der Waals surface area (Å²) in [5.74, 6) is -2.24. The third kappa shape index (κ3) is 11.3. The molecular formula is C30H45N5O6. The Hall–Kier alpha value is -3.89. The average Bonchev–Trinajstić information content (AvgIpc) is 2.90. The summed E-state index contributed by atoms with van der Waals surface area (Å²) >= 11 is 0. The van der Waals surface area contributed by atoms with Crippen molar-refractivity contribution in [2.45, 2.75) is 84.5 Å². The Balaban J connectivity index is 2.18. The molecule has 1 aliphatic heterocycles. The molecule has 1 aromatic carbocycles. The summed E-state index contributed by atoms with van der Waals surface area (Å²) in [7, 11) is 1.24. The SMILES string of the molecule is COC(=O)C(NC(=O)NC(C(=O)N[C@H]1CCCCNC(=O)C=C[C@H](Cc2cccc(C)c2)NC1=O)C(C)C)C(C)C. The molecule has 4 atom stereocenters. The molecule has 0 aromatic heterocycles. The van der Waals surface area contributed by atoms with Crippen LogP contribution in [0.25, 0.3) is 0 Å². The van der Waals surface area contributed by atoms with Crippen LogP contribution >= 0.6 is 0 Å². The Morgan fingerprint density at radius 3 is 2.34 bits per heavy atom. The van der Waals surface area contributed by atoms with Crippen LogP contribution in [-0.2, 0) is 30.3 Å². The third-order valence-corrected chi connectivity index (χ3v) is 6.84. The predicted molar refractivity (Wildman–Crippen MR) is 156 cm³/mol. The zero-order chi connectivity index (χ0) is 30.5. The van der Waals surface area contributed by atoms with Gasteiger partial charge in [-0.3, -0.25) is 14.4 Å². The van der Waals surface area contributed by atoms with Crippen molar-refractivity contribution in [3.05, 3.63) is 47.5 Å². The molecule has 11 heteroatoms. The molecule has 0 bridgehead atoms. The Morgan fingerprint density at radius 2 is 1.71 bits per heavy atom. The van der Waals surface area contributed by atoms with Crippen LogP contribution in [-0.4, -0.2) is 67.5 Å². The van der Waals surface area contributed by atoms with Gasteiger partial charge in [-0.1, -0.05) is 63.6 Å². The lowest BCUT2D eigenvalue weighted by atomic mass is 10.0. The van der Waals surface area contributed by atoms with Crippen molar-refractivity contribution in [2.75, 3.05) is 13.7 Å². The second-order valence-corrected chi connectivity index (χ2v) is 11.1. The summed E-state index contributed by atoms with van der Waals surface area (Å²) < 4.78 is 4.77. The summed E-state index contributed by atoms with van der Waals surface area (Å²) in [5.41, 5.74) is 2.08. The van der Waals surface area contributed by atoms with Gasteiger partial charge in [-0.15, -0.1) is 0 Å². The summed E-state index contributed by atoms with van der Waals surface area (Å²) in [5, 5.41) is 13.9. The number of hydrogen-bond donors (Lipinski definition) is 5. The molecule has 5 N–H and O–H groups in total. The lowest BCUT2D eigenvalue weighted by Gasteiger charge is -2.27. The molecule has 0 radical (unpaired) electrons.